The van der Waals surface area contributed by atoms with Crippen LogP contribution in [0.3, 0.4) is 0 Å². The molecule has 4 rings (SSSR count). The number of phenols is 1. The van der Waals surface area contributed by atoms with Crippen molar-refractivity contribution < 1.29 is 23.8 Å². The molecule has 2 aromatic carbocycles. The summed E-state index contributed by atoms with van der Waals surface area (Å²) >= 11 is 4.49. The van der Waals surface area contributed by atoms with Crippen molar-refractivity contribution in [3.63, 3.8) is 0 Å². The summed E-state index contributed by atoms with van der Waals surface area (Å²) in [4.78, 5) is 31.3. The Bertz CT molecular complexity index is 1490. The number of fused-ring (bicyclic) bond motifs is 1. The molecule has 0 amide bonds. The van der Waals surface area contributed by atoms with Crippen molar-refractivity contribution in [3.8, 4) is 11.5 Å². The van der Waals surface area contributed by atoms with Gasteiger partial charge in [-0.3, -0.25) is 9.36 Å². The molecule has 0 radical (unpaired) electrons. The van der Waals surface area contributed by atoms with Gasteiger partial charge in [0.2, 0.25) is 0 Å². The molecule has 0 unspecified atom stereocenters. The average molecular weight is 547 g/mol. The van der Waals surface area contributed by atoms with Crippen LogP contribution in [0, 0.1) is 5.82 Å². The molecule has 0 saturated carbocycles. The van der Waals surface area contributed by atoms with Crippen LogP contribution in [0.2, 0.25) is 0 Å². The van der Waals surface area contributed by atoms with E-state index in [1.807, 2.05) is 0 Å². The number of carbonyl (C=O) groups excluding carboxylic acids is 1. The van der Waals surface area contributed by atoms with Crippen LogP contribution in [-0.2, 0) is 9.53 Å². The normalized spacial score (nSPS) is 15.7. The number of benzene rings is 2. The number of aromatic nitrogens is 1. The minimum Gasteiger partial charge on any atom is -0.504 e. The average Bonchev–Trinajstić information content (AvgIpc) is 3.10. The van der Waals surface area contributed by atoms with Crippen LogP contribution in [0.25, 0.3) is 6.08 Å². The predicted molar refractivity (Wildman–Crippen MR) is 129 cm³/mol. The number of nitrogens with zero attached hydrogens (tertiary/aromatic N) is 2. The fourth-order valence-corrected chi connectivity index (χ4v) is 5.25. The van der Waals surface area contributed by atoms with Crippen molar-refractivity contribution >= 4 is 39.3 Å². The second-order valence-corrected chi connectivity index (χ2v) is 9.32. The number of esters is 1. The highest BCUT2D eigenvalue weighted by Crippen LogP contribution is 2.34. The number of halogens is 2. The molecule has 1 aromatic heterocycles. The van der Waals surface area contributed by atoms with E-state index in [4.69, 9.17) is 9.47 Å². The molecule has 34 heavy (non-hydrogen) atoms. The SMILES string of the molecule is CCOC(=O)C1=C(C)N=c2s/c(=C\c3cc(Br)cc(OC)c3O)c(=O)n2[C@@H]1c1ccc(F)cc1. The Balaban J connectivity index is 1.97. The first-order valence-corrected chi connectivity index (χ1v) is 11.9. The molecule has 1 atom stereocenters. The largest absolute Gasteiger partial charge is 0.504 e. The highest BCUT2D eigenvalue weighted by molar-refractivity contribution is 9.10. The van der Waals surface area contributed by atoms with Gasteiger partial charge in [-0.2, -0.15) is 0 Å². The summed E-state index contributed by atoms with van der Waals surface area (Å²) in [6.07, 6.45) is 1.54. The van der Waals surface area contributed by atoms with Crippen molar-refractivity contribution in [2.75, 3.05) is 13.7 Å². The summed E-state index contributed by atoms with van der Waals surface area (Å²) in [6.45, 7) is 3.51. The van der Waals surface area contributed by atoms with Crippen LogP contribution in [0.1, 0.15) is 31.0 Å². The molecule has 7 nitrogen and oxygen atoms in total. The number of methoxy groups -OCH3 is 1. The molecule has 10 heteroatoms. The van der Waals surface area contributed by atoms with Gasteiger partial charge in [0.05, 0.1) is 35.6 Å². The third-order valence-electron chi connectivity index (χ3n) is 5.28. The Morgan fingerprint density at radius 3 is 2.68 bits per heavy atom. The van der Waals surface area contributed by atoms with Gasteiger partial charge < -0.3 is 14.6 Å². The second kappa shape index (κ2) is 9.55. The molecule has 0 bridgehead atoms. The number of phenolic OH excluding ortho intramolecular Hbond substituents is 1. The standard InChI is InChI=1S/C24H20BrFN2O5S/c1-4-33-23(31)19-12(2)27-24-28(20(19)13-5-7-16(26)8-6-13)22(30)18(34-24)10-14-9-15(25)11-17(32-3)21(14)29/h5-11,20,29H,4H2,1-3H3/b18-10-/t20-/m1/s1. The Kier molecular flexibility index (Phi) is 6.72. The van der Waals surface area contributed by atoms with Crippen LogP contribution < -0.4 is 19.6 Å². The molecule has 3 aromatic rings. The second-order valence-electron chi connectivity index (χ2n) is 7.40. The molecule has 0 aliphatic carbocycles. The number of ether oxygens (including phenoxy) is 2. The minimum atomic E-state index is -0.844. The molecule has 1 N–H and O–H groups in total. The molecule has 176 valence electrons. The van der Waals surface area contributed by atoms with Gasteiger partial charge in [0, 0.05) is 10.0 Å². The third kappa shape index (κ3) is 4.30. The quantitative estimate of drug-likeness (QED) is 0.495. The van der Waals surface area contributed by atoms with Crippen molar-refractivity contribution in [1.82, 2.24) is 4.57 Å². The van der Waals surface area contributed by atoms with Crippen LogP contribution in [-0.4, -0.2) is 29.4 Å². The molecule has 2 heterocycles. The lowest BCUT2D eigenvalue weighted by Crippen LogP contribution is -2.39. The number of allylic oxidation sites excluding steroid dienone is 1. The fraction of sp³-hybridized carbons (Fsp3) is 0.208. The maximum Gasteiger partial charge on any atom is 0.338 e. The molecule has 1 aliphatic rings. The lowest BCUT2D eigenvalue weighted by atomic mass is 9.96. The van der Waals surface area contributed by atoms with Gasteiger partial charge in [-0.15, -0.1) is 0 Å². The summed E-state index contributed by atoms with van der Waals surface area (Å²) in [5, 5.41) is 10.5. The monoisotopic (exact) mass is 546 g/mol. The summed E-state index contributed by atoms with van der Waals surface area (Å²) in [5.74, 6) is -0.900. The fourth-order valence-electron chi connectivity index (χ4n) is 3.75. The first kappa shape index (κ1) is 23.9. The summed E-state index contributed by atoms with van der Waals surface area (Å²) in [5.41, 5.74) is 1.12. The molecule has 1 aliphatic heterocycles. The van der Waals surface area contributed by atoms with Crippen LogP contribution in [0.15, 0.2) is 61.9 Å². The van der Waals surface area contributed by atoms with Gasteiger partial charge in [-0.1, -0.05) is 39.4 Å². The lowest BCUT2D eigenvalue weighted by molar-refractivity contribution is -0.139. The first-order valence-electron chi connectivity index (χ1n) is 10.3. The molecule has 0 saturated heterocycles. The Labute approximate surface area is 206 Å². The van der Waals surface area contributed by atoms with Crippen molar-refractivity contribution in [2.24, 2.45) is 4.99 Å². The van der Waals surface area contributed by atoms with Gasteiger partial charge in [0.25, 0.3) is 5.56 Å². The van der Waals surface area contributed by atoms with E-state index in [9.17, 15) is 19.1 Å². The predicted octanol–water partition coefficient (Wildman–Crippen LogP) is 3.41. The maximum atomic E-state index is 13.6. The number of carbonyl (C=O) groups is 1. The van der Waals surface area contributed by atoms with Crippen molar-refractivity contribution in [1.29, 1.82) is 0 Å². The van der Waals surface area contributed by atoms with Gasteiger partial charge in [-0.05, 0) is 49.8 Å². The van der Waals surface area contributed by atoms with E-state index in [0.29, 0.717) is 30.6 Å². The Morgan fingerprint density at radius 2 is 2.03 bits per heavy atom. The highest BCUT2D eigenvalue weighted by Gasteiger charge is 2.33. The van der Waals surface area contributed by atoms with E-state index in [1.165, 1.54) is 42.0 Å². The van der Waals surface area contributed by atoms with Crippen LogP contribution in [0.5, 0.6) is 11.5 Å². The zero-order chi connectivity index (χ0) is 24.6. The topological polar surface area (TPSA) is 90.1 Å². The van der Waals surface area contributed by atoms with Crippen LogP contribution >= 0.6 is 27.3 Å². The van der Waals surface area contributed by atoms with Gasteiger partial charge >= 0.3 is 5.97 Å². The lowest BCUT2D eigenvalue weighted by Gasteiger charge is -2.24. The Hall–Kier alpha value is -3.24. The first-order chi connectivity index (χ1) is 16.2. The molecular formula is C24H20BrFN2O5S. The van der Waals surface area contributed by atoms with E-state index in [1.54, 1.807) is 26.0 Å². The third-order valence-corrected chi connectivity index (χ3v) is 6.72. The number of rotatable bonds is 5. The van der Waals surface area contributed by atoms with E-state index < -0.39 is 23.4 Å². The van der Waals surface area contributed by atoms with E-state index in [-0.39, 0.29) is 23.7 Å². The van der Waals surface area contributed by atoms with E-state index >= 15 is 0 Å². The number of aromatic hydroxyl groups is 1. The van der Waals surface area contributed by atoms with Gasteiger partial charge in [0.15, 0.2) is 16.3 Å². The summed E-state index contributed by atoms with van der Waals surface area (Å²) < 4.78 is 26.4. The van der Waals surface area contributed by atoms with Crippen molar-refractivity contribution in [3.05, 3.63) is 88.8 Å². The molecular weight excluding hydrogens is 527 g/mol. The van der Waals surface area contributed by atoms with Crippen LogP contribution in [0.4, 0.5) is 4.39 Å². The summed E-state index contributed by atoms with van der Waals surface area (Å²) in [7, 11) is 1.43. The number of thiazole rings is 1. The number of hydrogen-bond acceptors (Lipinski definition) is 7. The Morgan fingerprint density at radius 1 is 1.32 bits per heavy atom. The van der Waals surface area contributed by atoms with Gasteiger partial charge in [-0.25, -0.2) is 14.2 Å². The molecule has 0 spiro atoms. The number of hydrogen-bond donors (Lipinski definition) is 1. The highest BCUT2D eigenvalue weighted by atomic mass is 79.9. The van der Waals surface area contributed by atoms with E-state index in [2.05, 4.69) is 20.9 Å². The summed E-state index contributed by atoms with van der Waals surface area (Å²) in [6, 6.07) is 8.02. The zero-order valence-corrected chi connectivity index (χ0v) is 20.9. The smallest absolute Gasteiger partial charge is 0.338 e. The minimum absolute atomic E-state index is 0.116. The maximum absolute atomic E-state index is 13.6. The van der Waals surface area contributed by atoms with Gasteiger partial charge in [0.1, 0.15) is 5.82 Å². The zero-order valence-electron chi connectivity index (χ0n) is 18.5. The van der Waals surface area contributed by atoms with E-state index in [0.717, 1.165) is 11.3 Å². The van der Waals surface area contributed by atoms with Crippen molar-refractivity contribution in [2.45, 2.75) is 19.9 Å². The molecule has 0 fully saturated rings.